The lowest BCUT2D eigenvalue weighted by atomic mass is 9.94. The van der Waals surface area contributed by atoms with Crippen molar-refractivity contribution in [2.45, 2.75) is 25.2 Å². The average molecular weight is 162 g/mol. The van der Waals surface area contributed by atoms with E-state index in [1.165, 1.54) is 0 Å². The number of aliphatic hydroxyl groups is 3. The summed E-state index contributed by atoms with van der Waals surface area (Å²) in [6, 6.07) is 0. The summed E-state index contributed by atoms with van der Waals surface area (Å²) in [5.41, 5.74) is 0. The first-order valence-electron chi connectivity index (χ1n) is 3.75. The Hall–Kier alpha value is -0.160. The van der Waals surface area contributed by atoms with Gasteiger partial charge in [0.2, 0.25) is 0 Å². The molecule has 0 bridgehead atoms. The molecule has 0 aromatic heterocycles. The van der Waals surface area contributed by atoms with Crippen LogP contribution < -0.4 is 0 Å². The highest BCUT2D eigenvalue weighted by Gasteiger charge is 2.35. The summed E-state index contributed by atoms with van der Waals surface area (Å²) >= 11 is 0. The average Bonchev–Trinajstić information content (AvgIpc) is 2.01. The first-order chi connectivity index (χ1) is 5.16. The van der Waals surface area contributed by atoms with Gasteiger partial charge in [0.05, 0.1) is 19.3 Å². The monoisotopic (exact) mass is 162 g/mol. The van der Waals surface area contributed by atoms with E-state index in [2.05, 4.69) is 0 Å². The van der Waals surface area contributed by atoms with Crippen molar-refractivity contribution in [1.29, 1.82) is 0 Å². The van der Waals surface area contributed by atoms with Crippen LogP contribution in [-0.2, 0) is 4.74 Å². The largest absolute Gasteiger partial charge is 0.394 e. The molecule has 0 spiro atoms. The van der Waals surface area contributed by atoms with Gasteiger partial charge in [-0.05, 0) is 0 Å². The molecular weight excluding hydrogens is 148 g/mol. The molecule has 1 heterocycles. The van der Waals surface area contributed by atoms with Gasteiger partial charge >= 0.3 is 0 Å². The zero-order valence-electron chi connectivity index (χ0n) is 6.47. The predicted octanol–water partition coefficient (Wildman–Crippen LogP) is -1.26. The minimum atomic E-state index is -0.955. The van der Waals surface area contributed by atoms with Crippen LogP contribution in [0.3, 0.4) is 0 Å². The minimum absolute atomic E-state index is 0.0622. The zero-order chi connectivity index (χ0) is 8.43. The zero-order valence-corrected chi connectivity index (χ0v) is 6.47. The quantitative estimate of drug-likeness (QED) is 0.450. The van der Waals surface area contributed by atoms with Gasteiger partial charge in [0.25, 0.3) is 0 Å². The van der Waals surface area contributed by atoms with Crippen LogP contribution in [0.15, 0.2) is 0 Å². The highest BCUT2D eigenvalue weighted by atomic mass is 16.5. The molecule has 11 heavy (non-hydrogen) atoms. The molecule has 0 amide bonds. The van der Waals surface area contributed by atoms with E-state index in [0.29, 0.717) is 6.61 Å². The first-order valence-corrected chi connectivity index (χ1v) is 3.75. The molecule has 1 fully saturated rings. The van der Waals surface area contributed by atoms with Crippen LogP contribution in [0.25, 0.3) is 0 Å². The number of aliphatic hydroxyl groups excluding tert-OH is 3. The normalized spacial score (nSPS) is 45.8. The fourth-order valence-electron chi connectivity index (χ4n) is 1.19. The van der Waals surface area contributed by atoms with Crippen molar-refractivity contribution >= 4 is 0 Å². The number of rotatable bonds is 1. The van der Waals surface area contributed by atoms with Crippen molar-refractivity contribution < 1.29 is 20.1 Å². The minimum Gasteiger partial charge on any atom is -0.394 e. The standard InChI is InChI=1S/C7H14O4/c1-4-3-11-5(2-8)7(10)6(4)9/h4-10H,2-3H2,1H3/t4-,5?,6+,7?/m0/s1. The Labute approximate surface area is 65.4 Å². The van der Waals surface area contributed by atoms with Gasteiger partial charge < -0.3 is 20.1 Å². The fourth-order valence-corrected chi connectivity index (χ4v) is 1.19. The number of hydrogen-bond donors (Lipinski definition) is 3. The van der Waals surface area contributed by atoms with Crippen molar-refractivity contribution in [1.82, 2.24) is 0 Å². The van der Waals surface area contributed by atoms with Crippen molar-refractivity contribution in [2.24, 2.45) is 5.92 Å². The van der Waals surface area contributed by atoms with Crippen molar-refractivity contribution in [3.63, 3.8) is 0 Å². The molecule has 66 valence electrons. The van der Waals surface area contributed by atoms with E-state index in [1.807, 2.05) is 0 Å². The van der Waals surface area contributed by atoms with E-state index < -0.39 is 18.3 Å². The van der Waals surface area contributed by atoms with Crippen LogP contribution in [0, 0.1) is 5.92 Å². The van der Waals surface area contributed by atoms with Gasteiger partial charge in [0, 0.05) is 5.92 Å². The molecule has 4 nitrogen and oxygen atoms in total. The first kappa shape index (κ1) is 8.93. The molecule has 0 aromatic rings. The fraction of sp³-hybridized carbons (Fsp3) is 1.00. The van der Waals surface area contributed by atoms with Crippen LogP contribution in [0.4, 0.5) is 0 Å². The second-order valence-electron chi connectivity index (χ2n) is 3.01. The number of ether oxygens (including phenoxy) is 1. The molecule has 3 N–H and O–H groups in total. The lowest BCUT2D eigenvalue weighted by Gasteiger charge is -2.35. The van der Waals surface area contributed by atoms with E-state index in [0.717, 1.165) is 0 Å². The van der Waals surface area contributed by atoms with Crippen LogP contribution in [0.1, 0.15) is 6.92 Å². The van der Waals surface area contributed by atoms with Gasteiger partial charge in [-0.25, -0.2) is 0 Å². The Morgan fingerprint density at radius 3 is 2.55 bits per heavy atom. The summed E-state index contributed by atoms with van der Waals surface area (Å²) in [5, 5.41) is 27.2. The third kappa shape index (κ3) is 1.70. The molecule has 1 rings (SSSR count). The topological polar surface area (TPSA) is 69.9 Å². The van der Waals surface area contributed by atoms with Crippen LogP contribution >= 0.6 is 0 Å². The van der Waals surface area contributed by atoms with Crippen LogP contribution in [0.5, 0.6) is 0 Å². The van der Waals surface area contributed by atoms with Crippen molar-refractivity contribution in [3.05, 3.63) is 0 Å². The molecule has 0 saturated carbocycles. The van der Waals surface area contributed by atoms with Gasteiger partial charge in [-0.3, -0.25) is 0 Å². The molecule has 0 aromatic carbocycles. The second kappa shape index (κ2) is 3.49. The Bertz CT molecular complexity index is 126. The Morgan fingerprint density at radius 2 is 2.00 bits per heavy atom. The highest BCUT2D eigenvalue weighted by molar-refractivity contribution is 4.84. The number of hydrogen-bond acceptors (Lipinski definition) is 4. The smallest absolute Gasteiger partial charge is 0.109 e. The van der Waals surface area contributed by atoms with Crippen LogP contribution in [0.2, 0.25) is 0 Å². The van der Waals surface area contributed by atoms with E-state index in [9.17, 15) is 10.2 Å². The second-order valence-corrected chi connectivity index (χ2v) is 3.01. The van der Waals surface area contributed by atoms with Crippen molar-refractivity contribution in [2.75, 3.05) is 13.2 Å². The summed E-state index contributed by atoms with van der Waals surface area (Å²) in [4.78, 5) is 0. The molecule has 1 aliphatic rings. The van der Waals surface area contributed by atoms with Gasteiger partial charge in [-0.1, -0.05) is 6.92 Å². The third-order valence-electron chi connectivity index (χ3n) is 2.07. The molecule has 0 radical (unpaired) electrons. The maximum atomic E-state index is 9.31. The lowest BCUT2D eigenvalue weighted by molar-refractivity contribution is -0.170. The molecular formula is C7H14O4. The van der Waals surface area contributed by atoms with E-state index >= 15 is 0 Å². The molecule has 4 heteroatoms. The summed E-state index contributed by atoms with van der Waals surface area (Å²) < 4.78 is 5.06. The maximum absolute atomic E-state index is 9.31. The molecule has 1 aliphatic heterocycles. The predicted molar refractivity (Wildman–Crippen MR) is 38.0 cm³/mol. The highest BCUT2D eigenvalue weighted by Crippen LogP contribution is 2.19. The summed E-state index contributed by atoms with van der Waals surface area (Å²) in [5.74, 6) is -0.0622. The van der Waals surface area contributed by atoms with Gasteiger partial charge in [-0.15, -0.1) is 0 Å². The molecule has 0 aliphatic carbocycles. The summed E-state index contributed by atoms with van der Waals surface area (Å²) in [6.07, 6.45) is -2.36. The third-order valence-corrected chi connectivity index (χ3v) is 2.07. The Kier molecular flexibility index (Phi) is 2.84. The van der Waals surface area contributed by atoms with E-state index in [1.54, 1.807) is 6.92 Å². The van der Waals surface area contributed by atoms with Gasteiger partial charge in [-0.2, -0.15) is 0 Å². The van der Waals surface area contributed by atoms with Gasteiger partial charge in [0.15, 0.2) is 0 Å². The Morgan fingerprint density at radius 1 is 1.36 bits per heavy atom. The molecule has 4 atom stereocenters. The van der Waals surface area contributed by atoms with Crippen LogP contribution in [-0.4, -0.2) is 46.8 Å². The Balaban J connectivity index is 2.52. The lowest BCUT2D eigenvalue weighted by Crippen LogP contribution is -2.50. The van der Waals surface area contributed by atoms with Crippen molar-refractivity contribution in [3.8, 4) is 0 Å². The summed E-state index contributed by atoms with van der Waals surface area (Å²) in [6.45, 7) is 1.94. The summed E-state index contributed by atoms with van der Waals surface area (Å²) in [7, 11) is 0. The maximum Gasteiger partial charge on any atom is 0.109 e. The van der Waals surface area contributed by atoms with E-state index in [4.69, 9.17) is 9.84 Å². The molecule has 2 unspecified atom stereocenters. The van der Waals surface area contributed by atoms with Gasteiger partial charge in [0.1, 0.15) is 12.2 Å². The molecule has 1 saturated heterocycles. The van der Waals surface area contributed by atoms with E-state index in [-0.39, 0.29) is 12.5 Å². The SMILES string of the molecule is C[C@H]1COC(CO)C(O)[C@@H]1O.